The van der Waals surface area contributed by atoms with Crippen molar-refractivity contribution >= 4 is 11.9 Å². The molecule has 0 aromatic carbocycles. The molecule has 0 radical (unpaired) electrons. The van der Waals surface area contributed by atoms with E-state index in [4.69, 9.17) is 4.74 Å². The average Bonchev–Trinajstić information content (AvgIpc) is 3.24. The number of carbonyl (C=O) groups is 2. The molecule has 0 saturated carbocycles. The fourth-order valence-electron chi connectivity index (χ4n) is 7.78. The normalized spacial score (nSPS) is 13.6. The van der Waals surface area contributed by atoms with Crippen molar-refractivity contribution in [3.05, 3.63) is 48.6 Å². The van der Waals surface area contributed by atoms with E-state index in [1.807, 2.05) is 0 Å². The molecule has 1 amide bonds. The van der Waals surface area contributed by atoms with E-state index < -0.39 is 18.2 Å². The minimum absolute atomic E-state index is 0.0622. The minimum atomic E-state index is -0.793. The van der Waals surface area contributed by atoms with Crippen molar-refractivity contribution in [3.8, 4) is 0 Å². The number of esters is 1. The van der Waals surface area contributed by atoms with Crippen molar-refractivity contribution in [1.29, 1.82) is 0 Å². The zero-order valence-corrected chi connectivity index (χ0v) is 39.8. The molecule has 0 aliphatic carbocycles. The van der Waals surface area contributed by atoms with E-state index in [0.717, 1.165) is 83.5 Å². The van der Waals surface area contributed by atoms with Crippen molar-refractivity contribution in [2.75, 3.05) is 6.61 Å². The number of hydrogen-bond donors (Lipinski definition) is 3. The van der Waals surface area contributed by atoms with E-state index in [2.05, 4.69) is 74.7 Å². The Kier molecular flexibility index (Phi) is 46.1. The van der Waals surface area contributed by atoms with Gasteiger partial charge < -0.3 is 20.3 Å². The highest BCUT2D eigenvalue weighted by molar-refractivity contribution is 5.77. The monoisotopic (exact) mass is 842 g/mol. The summed E-state index contributed by atoms with van der Waals surface area (Å²) in [5, 5.41) is 23.8. The first kappa shape index (κ1) is 57.8. The molecule has 3 unspecified atom stereocenters. The van der Waals surface area contributed by atoms with Gasteiger partial charge in [-0.15, -0.1) is 0 Å². The van der Waals surface area contributed by atoms with Crippen molar-refractivity contribution in [1.82, 2.24) is 5.32 Å². The summed E-state index contributed by atoms with van der Waals surface area (Å²) < 4.78 is 5.91. The predicted molar refractivity (Wildman–Crippen MR) is 259 cm³/mol. The maximum absolute atomic E-state index is 13.2. The Morgan fingerprint density at radius 1 is 0.500 bits per heavy atom. The van der Waals surface area contributed by atoms with E-state index in [1.54, 1.807) is 0 Å². The maximum atomic E-state index is 13.2. The van der Waals surface area contributed by atoms with Crippen LogP contribution in [0.2, 0.25) is 0 Å². The number of allylic oxidation sites excluding steroid dienone is 8. The van der Waals surface area contributed by atoms with Crippen molar-refractivity contribution in [2.24, 2.45) is 0 Å². The molecule has 0 saturated heterocycles. The Hall–Kier alpha value is -2.18. The van der Waals surface area contributed by atoms with Crippen LogP contribution in [-0.4, -0.2) is 46.9 Å². The van der Waals surface area contributed by atoms with E-state index >= 15 is 0 Å². The van der Waals surface area contributed by atoms with E-state index in [1.165, 1.54) is 128 Å². The lowest BCUT2D eigenvalue weighted by Crippen LogP contribution is -2.46. The van der Waals surface area contributed by atoms with E-state index in [0.29, 0.717) is 19.3 Å². The summed E-state index contributed by atoms with van der Waals surface area (Å²) >= 11 is 0. The van der Waals surface area contributed by atoms with Gasteiger partial charge in [-0.1, -0.05) is 223 Å². The van der Waals surface area contributed by atoms with Gasteiger partial charge in [-0.05, 0) is 70.6 Å². The quantitative estimate of drug-likeness (QED) is 0.0246. The van der Waals surface area contributed by atoms with Crippen molar-refractivity contribution in [2.45, 2.75) is 277 Å². The van der Waals surface area contributed by atoms with Gasteiger partial charge in [-0.3, -0.25) is 9.59 Å². The summed E-state index contributed by atoms with van der Waals surface area (Å²) in [6.07, 6.45) is 57.4. The summed E-state index contributed by atoms with van der Waals surface area (Å²) in [5.41, 5.74) is 0. The number of nitrogens with one attached hydrogen (secondary N) is 1. The number of carbonyl (C=O) groups excluding carboxylic acids is 2. The summed E-state index contributed by atoms with van der Waals surface area (Å²) in [4.78, 5) is 26.1. The van der Waals surface area contributed by atoms with Crippen LogP contribution < -0.4 is 5.32 Å². The summed E-state index contributed by atoms with van der Waals surface area (Å²) in [6, 6.07) is -0.707. The lowest BCUT2D eigenvalue weighted by Gasteiger charge is -2.24. The van der Waals surface area contributed by atoms with Crippen LogP contribution in [0.25, 0.3) is 0 Å². The Bertz CT molecular complexity index is 1040. The molecule has 3 N–H and O–H groups in total. The number of rotatable bonds is 46. The summed E-state index contributed by atoms with van der Waals surface area (Å²) in [7, 11) is 0. The number of ether oxygens (including phenoxy) is 1. The smallest absolute Gasteiger partial charge is 0.306 e. The highest BCUT2D eigenvalue weighted by Gasteiger charge is 2.24. The van der Waals surface area contributed by atoms with Crippen molar-refractivity contribution in [3.63, 3.8) is 0 Å². The second-order valence-electron chi connectivity index (χ2n) is 17.6. The molecule has 0 aromatic heterocycles. The highest BCUT2D eigenvalue weighted by atomic mass is 16.5. The predicted octanol–water partition coefficient (Wildman–Crippen LogP) is 15.5. The third-order valence-electron chi connectivity index (χ3n) is 11.7. The molecule has 350 valence electrons. The number of aliphatic hydroxyl groups is 2. The first-order valence-electron chi connectivity index (χ1n) is 25.9. The maximum Gasteiger partial charge on any atom is 0.306 e. The number of aliphatic hydroxyl groups excluding tert-OH is 2. The van der Waals surface area contributed by atoms with Crippen LogP contribution in [0.5, 0.6) is 0 Å². The second kappa shape index (κ2) is 47.9. The number of unbranched alkanes of at least 4 members (excludes halogenated alkanes) is 28. The SMILES string of the molecule is CC/C=C/C=C/C=C/CCCCCCCCCC(=O)OC(CCCCC/C=C\CCCCC)CC(=O)NC(CO)C(O)CCCCCCCCCCCCCCCCCC. The molecule has 3 atom stereocenters. The van der Waals surface area contributed by atoms with Crippen LogP contribution in [0.1, 0.15) is 258 Å². The van der Waals surface area contributed by atoms with Gasteiger partial charge in [0, 0.05) is 6.42 Å². The van der Waals surface area contributed by atoms with Gasteiger partial charge in [0.1, 0.15) is 6.10 Å². The molecular weight excluding hydrogens is 743 g/mol. The van der Waals surface area contributed by atoms with Gasteiger partial charge in [0.25, 0.3) is 0 Å². The molecular formula is C54H99NO5. The lowest BCUT2D eigenvalue weighted by molar-refractivity contribution is -0.151. The van der Waals surface area contributed by atoms with E-state index in [-0.39, 0.29) is 24.9 Å². The van der Waals surface area contributed by atoms with Crippen LogP contribution >= 0.6 is 0 Å². The Labute approximate surface area is 372 Å². The topological polar surface area (TPSA) is 95.9 Å². The Balaban J connectivity index is 4.49. The van der Waals surface area contributed by atoms with Crippen LogP contribution in [0.3, 0.4) is 0 Å². The first-order chi connectivity index (χ1) is 29.5. The third-order valence-corrected chi connectivity index (χ3v) is 11.7. The average molecular weight is 842 g/mol. The third kappa shape index (κ3) is 42.5. The van der Waals surface area contributed by atoms with Crippen molar-refractivity contribution < 1.29 is 24.5 Å². The largest absolute Gasteiger partial charge is 0.462 e. The minimum Gasteiger partial charge on any atom is -0.462 e. The molecule has 0 heterocycles. The van der Waals surface area contributed by atoms with Gasteiger partial charge >= 0.3 is 5.97 Å². The standard InChI is InChI=1S/C54H99NO5/c1-4-7-10-13-16-19-22-24-26-28-29-31-34-37-40-43-46-52(57)51(49-56)55-53(58)48-50(45-42-39-36-33-21-18-15-12-9-6-3)60-54(59)47-44-41-38-35-32-30-27-25-23-20-17-14-11-8-5-2/h8,11,14,17-18,20-21,23,50-52,56-57H,4-7,9-10,12-13,15-16,19,22,24-49H2,1-3H3,(H,55,58)/b11-8+,17-14+,21-18-,23-20+. The molecule has 0 fully saturated rings. The van der Waals surface area contributed by atoms with Gasteiger partial charge in [0.05, 0.1) is 25.2 Å². The molecule has 60 heavy (non-hydrogen) atoms. The highest BCUT2D eigenvalue weighted by Crippen LogP contribution is 2.18. The van der Waals surface area contributed by atoms with Gasteiger partial charge in [0.2, 0.25) is 5.91 Å². The van der Waals surface area contributed by atoms with Gasteiger partial charge in [0.15, 0.2) is 0 Å². The van der Waals surface area contributed by atoms with Crippen LogP contribution in [0, 0.1) is 0 Å². The molecule has 0 aliphatic rings. The number of amides is 1. The molecule has 0 rings (SSSR count). The molecule has 0 spiro atoms. The Morgan fingerprint density at radius 2 is 0.917 bits per heavy atom. The van der Waals surface area contributed by atoms with Crippen LogP contribution in [0.15, 0.2) is 48.6 Å². The molecule has 0 aromatic rings. The number of hydrogen-bond acceptors (Lipinski definition) is 5. The zero-order chi connectivity index (χ0) is 43.8. The zero-order valence-electron chi connectivity index (χ0n) is 39.8. The fraction of sp³-hybridized carbons (Fsp3) is 0.815. The lowest BCUT2D eigenvalue weighted by atomic mass is 10.0. The van der Waals surface area contributed by atoms with Gasteiger partial charge in [-0.25, -0.2) is 0 Å². The summed E-state index contributed by atoms with van der Waals surface area (Å²) in [5.74, 6) is -0.500. The van der Waals surface area contributed by atoms with Crippen LogP contribution in [-0.2, 0) is 14.3 Å². The molecule has 6 nitrogen and oxygen atoms in total. The fourth-order valence-corrected chi connectivity index (χ4v) is 7.78. The van der Waals surface area contributed by atoms with Crippen LogP contribution in [0.4, 0.5) is 0 Å². The van der Waals surface area contributed by atoms with E-state index in [9.17, 15) is 19.8 Å². The molecule has 0 aliphatic heterocycles. The molecule has 6 heteroatoms. The Morgan fingerprint density at radius 3 is 1.45 bits per heavy atom. The van der Waals surface area contributed by atoms with Gasteiger partial charge in [-0.2, -0.15) is 0 Å². The first-order valence-corrected chi connectivity index (χ1v) is 25.9. The molecule has 0 bridgehead atoms. The second-order valence-corrected chi connectivity index (χ2v) is 17.6. The summed E-state index contributed by atoms with van der Waals surface area (Å²) in [6.45, 7) is 6.33.